The summed E-state index contributed by atoms with van der Waals surface area (Å²) in [6, 6.07) is 0. The number of rotatable bonds is 7. The molecule has 0 aliphatic carbocycles. The molecular formula is C9H20O6. The molecule has 0 atom stereocenters. The normalized spacial score (nSPS) is 9.60. The molecule has 5 N–H and O–H groups in total. The van der Waals surface area contributed by atoms with E-state index in [0.717, 1.165) is 25.7 Å². The fraction of sp³-hybridized carbons (Fsp3) is 0.889. The highest BCUT2D eigenvalue weighted by Crippen LogP contribution is 2.08. The highest BCUT2D eigenvalue weighted by Gasteiger charge is 2.03. The fourth-order valence-electron chi connectivity index (χ4n) is 0.962. The Morgan fingerprint density at radius 2 is 1.40 bits per heavy atom. The molecule has 0 aromatic rings. The van der Waals surface area contributed by atoms with Crippen LogP contribution in [0.15, 0.2) is 0 Å². The van der Waals surface area contributed by atoms with Crippen molar-refractivity contribution in [3.63, 3.8) is 0 Å². The molecule has 0 spiro atoms. The van der Waals surface area contributed by atoms with Crippen LogP contribution < -0.4 is 0 Å². The van der Waals surface area contributed by atoms with Crippen LogP contribution in [0.1, 0.15) is 25.7 Å². The van der Waals surface area contributed by atoms with E-state index in [4.69, 9.17) is 30.3 Å². The van der Waals surface area contributed by atoms with Gasteiger partial charge in [0.25, 0.3) is 0 Å². The van der Waals surface area contributed by atoms with Gasteiger partial charge in [0.15, 0.2) is 0 Å². The SMILES string of the molecule is O=C(O)O.OCCCCCC(CO)CO. The van der Waals surface area contributed by atoms with Crippen LogP contribution >= 0.6 is 0 Å². The van der Waals surface area contributed by atoms with Gasteiger partial charge in [-0.3, -0.25) is 0 Å². The maximum absolute atomic E-state index is 8.67. The van der Waals surface area contributed by atoms with Gasteiger partial charge in [0, 0.05) is 25.7 Å². The number of aliphatic hydroxyl groups is 3. The van der Waals surface area contributed by atoms with Crippen molar-refractivity contribution in [2.75, 3.05) is 19.8 Å². The lowest BCUT2D eigenvalue weighted by molar-refractivity contribution is 0.136. The summed E-state index contributed by atoms with van der Waals surface area (Å²) in [7, 11) is 0. The number of carbonyl (C=O) groups is 1. The molecule has 15 heavy (non-hydrogen) atoms. The molecule has 0 aliphatic rings. The van der Waals surface area contributed by atoms with E-state index in [2.05, 4.69) is 0 Å². The molecule has 0 aliphatic heterocycles. The largest absolute Gasteiger partial charge is 0.503 e. The summed E-state index contributed by atoms with van der Waals surface area (Å²) in [5.41, 5.74) is 0. The average Bonchev–Trinajstić information content (AvgIpc) is 2.17. The molecule has 0 amide bonds. The molecule has 0 saturated carbocycles. The minimum Gasteiger partial charge on any atom is -0.450 e. The maximum atomic E-state index is 8.67. The Bertz CT molecular complexity index is 131. The number of unbranched alkanes of at least 4 members (excludes halogenated alkanes) is 2. The third kappa shape index (κ3) is 19.5. The molecule has 92 valence electrons. The first-order chi connectivity index (χ1) is 7.08. The Morgan fingerprint density at radius 3 is 1.73 bits per heavy atom. The van der Waals surface area contributed by atoms with Crippen LogP contribution in [0.25, 0.3) is 0 Å². The van der Waals surface area contributed by atoms with E-state index in [1.54, 1.807) is 0 Å². The van der Waals surface area contributed by atoms with E-state index in [1.165, 1.54) is 0 Å². The predicted molar refractivity (Wildman–Crippen MR) is 53.9 cm³/mol. The second kappa shape index (κ2) is 13.2. The molecule has 0 saturated heterocycles. The average molecular weight is 224 g/mol. The number of carboxylic acid groups (broad SMARTS) is 2. The zero-order valence-corrected chi connectivity index (χ0v) is 8.67. The molecule has 0 heterocycles. The molecule has 0 rings (SSSR count). The summed E-state index contributed by atoms with van der Waals surface area (Å²) >= 11 is 0. The van der Waals surface area contributed by atoms with E-state index in [1.807, 2.05) is 0 Å². The number of hydrogen-bond acceptors (Lipinski definition) is 4. The molecule has 0 unspecified atom stereocenters. The topological polar surface area (TPSA) is 118 Å². The second-order valence-electron chi connectivity index (χ2n) is 3.09. The van der Waals surface area contributed by atoms with Crippen molar-refractivity contribution < 1.29 is 30.3 Å². The molecule has 6 heteroatoms. The van der Waals surface area contributed by atoms with Crippen LogP contribution in [0.5, 0.6) is 0 Å². The van der Waals surface area contributed by atoms with Crippen LogP contribution in [0, 0.1) is 5.92 Å². The van der Waals surface area contributed by atoms with Gasteiger partial charge in [0.2, 0.25) is 0 Å². The Morgan fingerprint density at radius 1 is 0.933 bits per heavy atom. The van der Waals surface area contributed by atoms with Crippen molar-refractivity contribution >= 4 is 6.16 Å². The first-order valence-electron chi connectivity index (χ1n) is 4.82. The van der Waals surface area contributed by atoms with E-state index in [-0.39, 0.29) is 25.7 Å². The highest BCUT2D eigenvalue weighted by atomic mass is 16.6. The third-order valence-electron chi connectivity index (χ3n) is 1.79. The Kier molecular flexibility index (Phi) is 14.5. The fourth-order valence-corrected chi connectivity index (χ4v) is 0.962. The molecule has 0 aromatic heterocycles. The number of hydrogen-bond donors (Lipinski definition) is 5. The third-order valence-corrected chi connectivity index (χ3v) is 1.79. The minimum absolute atomic E-state index is 0.0358. The van der Waals surface area contributed by atoms with Crippen molar-refractivity contribution in [2.45, 2.75) is 25.7 Å². The van der Waals surface area contributed by atoms with Crippen molar-refractivity contribution in [2.24, 2.45) is 5.92 Å². The van der Waals surface area contributed by atoms with Crippen molar-refractivity contribution in [1.29, 1.82) is 0 Å². The van der Waals surface area contributed by atoms with Gasteiger partial charge in [0.05, 0.1) is 0 Å². The quantitative estimate of drug-likeness (QED) is 0.398. The summed E-state index contributed by atoms with van der Waals surface area (Å²) in [5.74, 6) is 0.0358. The van der Waals surface area contributed by atoms with E-state index < -0.39 is 6.16 Å². The Labute approximate surface area is 88.8 Å². The first kappa shape index (κ1) is 16.6. The van der Waals surface area contributed by atoms with E-state index >= 15 is 0 Å². The van der Waals surface area contributed by atoms with Gasteiger partial charge in [-0.25, -0.2) is 4.79 Å². The second-order valence-corrected chi connectivity index (χ2v) is 3.09. The summed E-state index contributed by atoms with van der Waals surface area (Å²) in [4.78, 5) is 8.56. The standard InChI is InChI=1S/C8H18O3.CH2O3/c9-5-3-1-2-4-8(6-10)7-11;2-1(3)4/h8-11H,1-7H2;(H2,2,3,4). The molecule has 0 radical (unpaired) electrons. The van der Waals surface area contributed by atoms with E-state index in [9.17, 15) is 0 Å². The Hall–Kier alpha value is -0.850. The van der Waals surface area contributed by atoms with Crippen LogP contribution in [-0.2, 0) is 0 Å². The van der Waals surface area contributed by atoms with Crippen molar-refractivity contribution in [1.82, 2.24) is 0 Å². The lowest BCUT2D eigenvalue weighted by Crippen LogP contribution is -2.10. The van der Waals surface area contributed by atoms with Gasteiger partial charge in [-0.1, -0.05) is 12.8 Å². The molecule has 0 fully saturated rings. The lowest BCUT2D eigenvalue weighted by atomic mass is 10.0. The van der Waals surface area contributed by atoms with Gasteiger partial charge >= 0.3 is 6.16 Å². The van der Waals surface area contributed by atoms with Crippen LogP contribution in [0.3, 0.4) is 0 Å². The highest BCUT2D eigenvalue weighted by molar-refractivity contribution is 5.53. The van der Waals surface area contributed by atoms with Gasteiger partial charge in [-0.2, -0.15) is 0 Å². The van der Waals surface area contributed by atoms with E-state index in [0.29, 0.717) is 0 Å². The van der Waals surface area contributed by atoms with Gasteiger partial charge < -0.3 is 25.5 Å². The van der Waals surface area contributed by atoms with Crippen LogP contribution in [0.2, 0.25) is 0 Å². The summed E-state index contributed by atoms with van der Waals surface area (Å²) in [6.45, 7) is 0.369. The van der Waals surface area contributed by atoms with Gasteiger partial charge in [-0.05, 0) is 12.8 Å². The lowest BCUT2D eigenvalue weighted by Gasteiger charge is -2.09. The Balaban J connectivity index is 0. The number of aliphatic hydroxyl groups excluding tert-OH is 3. The molecule has 0 bridgehead atoms. The maximum Gasteiger partial charge on any atom is 0.503 e. The van der Waals surface area contributed by atoms with Gasteiger partial charge in [0.1, 0.15) is 0 Å². The van der Waals surface area contributed by atoms with Crippen LogP contribution in [0.4, 0.5) is 4.79 Å². The van der Waals surface area contributed by atoms with Gasteiger partial charge in [-0.15, -0.1) is 0 Å². The predicted octanol–water partition coefficient (Wildman–Crippen LogP) is 0.362. The van der Waals surface area contributed by atoms with Crippen LogP contribution in [-0.4, -0.2) is 51.5 Å². The van der Waals surface area contributed by atoms with Crippen molar-refractivity contribution in [3.8, 4) is 0 Å². The monoisotopic (exact) mass is 224 g/mol. The first-order valence-corrected chi connectivity index (χ1v) is 4.82. The van der Waals surface area contributed by atoms with Crippen molar-refractivity contribution in [3.05, 3.63) is 0 Å². The minimum atomic E-state index is -1.83. The zero-order valence-electron chi connectivity index (χ0n) is 8.67. The molecular weight excluding hydrogens is 204 g/mol. The summed E-state index contributed by atoms with van der Waals surface area (Å²) < 4.78 is 0. The summed E-state index contributed by atoms with van der Waals surface area (Å²) in [6.07, 6.45) is 1.80. The smallest absolute Gasteiger partial charge is 0.450 e. The zero-order chi connectivity index (χ0) is 12.1. The molecule has 0 aromatic carbocycles. The molecule has 6 nitrogen and oxygen atoms in total. The summed E-state index contributed by atoms with van der Waals surface area (Å²) in [5, 5.41) is 39.7.